The summed E-state index contributed by atoms with van der Waals surface area (Å²) in [4.78, 5) is 0. The van der Waals surface area contributed by atoms with E-state index in [-0.39, 0.29) is 0 Å². The number of para-hydroxylation sites is 1. The molecule has 14 heavy (non-hydrogen) atoms. The van der Waals surface area contributed by atoms with Gasteiger partial charge in [-0.3, -0.25) is 0 Å². The quantitative estimate of drug-likeness (QED) is 0.713. The summed E-state index contributed by atoms with van der Waals surface area (Å²) in [5.74, 6) is 1.54. The van der Waals surface area contributed by atoms with E-state index in [0.29, 0.717) is 6.61 Å². The molecule has 0 saturated carbocycles. The molecule has 2 nitrogen and oxygen atoms in total. The van der Waals surface area contributed by atoms with E-state index in [2.05, 4.69) is 13.5 Å². The number of hydrogen-bond acceptors (Lipinski definition) is 2. The van der Waals surface area contributed by atoms with E-state index in [1.165, 1.54) is 0 Å². The highest BCUT2D eigenvalue weighted by Gasteiger charge is 2.06. The van der Waals surface area contributed by atoms with Crippen LogP contribution in [0, 0.1) is 0 Å². The van der Waals surface area contributed by atoms with E-state index in [9.17, 15) is 0 Å². The molecule has 0 atom stereocenters. The second-order valence-electron chi connectivity index (χ2n) is 2.93. The van der Waals surface area contributed by atoms with Crippen LogP contribution in [0.1, 0.15) is 18.9 Å². The maximum absolute atomic E-state index is 5.55. The van der Waals surface area contributed by atoms with Gasteiger partial charge in [0.1, 0.15) is 0 Å². The van der Waals surface area contributed by atoms with E-state index < -0.39 is 0 Å². The largest absolute Gasteiger partial charge is 0.492 e. The van der Waals surface area contributed by atoms with Crippen molar-refractivity contribution in [3.05, 3.63) is 30.3 Å². The molecule has 0 saturated heterocycles. The molecule has 0 aliphatic heterocycles. The molecule has 0 unspecified atom stereocenters. The third kappa shape index (κ3) is 2.28. The van der Waals surface area contributed by atoms with Gasteiger partial charge < -0.3 is 9.47 Å². The molecule has 0 aliphatic carbocycles. The van der Waals surface area contributed by atoms with Gasteiger partial charge in [0.25, 0.3) is 0 Å². The zero-order valence-electron chi connectivity index (χ0n) is 8.75. The van der Waals surface area contributed by atoms with E-state index in [1.807, 2.05) is 18.2 Å². The van der Waals surface area contributed by atoms with Crippen LogP contribution in [0.2, 0.25) is 0 Å². The van der Waals surface area contributed by atoms with Gasteiger partial charge in [-0.1, -0.05) is 31.7 Å². The summed E-state index contributed by atoms with van der Waals surface area (Å²) in [6.07, 6.45) is 2.75. The highest BCUT2D eigenvalue weighted by atomic mass is 16.5. The van der Waals surface area contributed by atoms with Gasteiger partial charge in [0.05, 0.1) is 13.7 Å². The highest BCUT2D eigenvalue weighted by molar-refractivity contribution is 5.61. The highest BCUT2D eigenvalue weighted by Crippen LogP contribution is 2.31. The number of hydrogen-bond donors (Lipinski definition) is 0. The fourth-order valence-corrected chi connectivity index (χ4v) is 1.24. The fourth-order valence-electron chi connectivity index (χ4n) is 1.24. The minimum atomic E-state index is 0.705. The number of ether oxygens (including phenoxy) is 2. The topological polar surface area (TPSA) is 18.5 Å². The first-order chi connectivity index (χ1) is 6.83. The van der Waals surface area contributed by atoms with Gasteiger partial charge >= 0.3 is 0 Å². The van der Waals surface area contributed by atoms with Gasteiger partial charge in [0.15, 0.2) is 11.5 Å². The molecule has 0 spiro atoms. The van der Waals surface area contributed by atoms with Gasteiger partial charge in [-0.2, -0.15) is 0 Å². The lowest BCUT2D eigenvalue weighted by atomic mass is 10.2. The molecule has 0 fully saturated rings. The van der Waals surface area contributed by atoms with E-state index in [0.717, 1.165) is 23.5 Å². The van der Waals surface area contributed by atoms with Crippen LogP contribution in [0.25, 0.3) is 6.08 Å². The molecule has 0 amide bonds. The molecule has 0 bridgehead atoms. The Kier molecular flexibility index (Phi) is 4.05. The van der Waals surface area contributed by atoms with Gasteiger partial charge in [0, 0.05) is 5.56 Å². The van der Waals surface area contributed by atoms with Crippen molar-refractivity contribution >= 4 is 6.08 Å². The van der Waals surface area contributed by atoms with Crippen molar-refractivity contribution in [3.63, 3.8) is 0 Å². The molecule has 0 radical (unpaired) electrons. The number of methoxy groups -OCH3 is 1. The predicted octanol–water partition coefficient (Wildman–Crippen LogP) is 3.13. The van der Waals surface area contributed by atoms with Gasteiger partial charge in [-0.15, -0.1) is 0 Å². The maximum Gasteiger partial charge on any atom is 0.167 e. The Morgan fingerprint density at radius 3 is 2.79 bits per heavy atom. The van der Waals surface area contributed by atoms with E-state index >= 15 is 0 Å². The van der Waals surface area contributed by atoms with Crippen LogP contribution in [0.3, 0.4) is 0 Å². The predicted molar refractivity (Wildman–Crippen MR) is 58.9 cm³/mol. The van der Waals surface area contributed by atoms with Crippen LogP contribution in [-0.2, 0) is 0 Å². The Labute approximate surface area is 85.2 Å². The Balaban J connectivity index is 2.96. The number of benzene rings is 1. The molecular weight excluding hydrogens is 176 g/mol. The minimum absolute atomic E-state index is 0.705. The summed E-state index contributed by atoms with van der Waals surface area (Å²) in [7, 11) is 1.64. The van der Waals surface area contributed by atoms with Gasteiger partial charge in [-0.25, -0.2) is 0 Å². The zero-order chi connectivity index (χ0) is 10.4. The first-order valence-electron chi connectivity index (χ1n) is 4.75. The van der Waals surface area contributed by atoms with Crippen LogP contribution in [0.4, 0.5) is 0 Å². The molecule has 0 aliphatic rings. The van der Waals surface area contributed by atoms with Crippen molar-refractivity contribution in [1.82, 2.24) is 0 Å². The first kappa shape index (κ1) is 10.6. The van der Waals surface area contributed by atoms with Crippen molar-refractivity contribution in [1.29, 1.82) is 0 Å². The average molecular weight is 192 g/mol. The second-order valence-corrected chi connectivity index (χ2v) is 2.93. The van der Waals surface area contributed by atoms with Gasteiger partial charge in [-0.05, 0) is 12.5 Å². The van der Waals surface area contributed by atoms with Crippen molar-refractivity contribution in [2.75, 3.05) is 13.7 Å². The third-order valence-corrected chi connectivity index (χ3v) is 1.90. The Hall–Kier alpha value is -1.44. The summed E-state index contributed by atoms with van der Waals surface area (Å²) in [6.45, 7) is 6.50. The van der Waals surface area contributed by atoms with Crippen LogP contribution in [-0.4, -0.2) is 13.7 Å². The van der Waals surface area contributed by atoms with Crippen molar-refractivity contribution in [2.45, 2.75) is 13.3 Å². The molecular formula is C12H16O2. The SMILES string of the molecule is C=Cc1cccc(OCCC)c1OC. The minimum Gasteiger partial charge on any atom is -0.492 e. The fraction of sp³-hybridized carbons (Fsp3) is 0.333. The average Bonchev–Trinajstić information content (AvgIpc) is 2.25. The van der Waals surface area contributed by atoms with E-state index in [1.54, 1.807) is 13.2 Å². The van der Waals surface area contributed by atoms with E-state index in [4.69, 9.17) is 9.47 Å². The first-order valence-corrected chi connectivity index (χ1v) is 4.75. The van der Waals surface area contributed by atoms with Crippen molar-refractivity contribution in [2.24, 2.45) is 0 Å². The summed E-state index contributed by atoms with van der Waals surface area (Å²) < 4.78 is 10.8. The van der Waals surface area contributed by atoms with Crippen molar-refractivity contribution in [3.8, 4) is 11.5 Å². The number of rotatable bonds is 5. The Morgan fingerprint density at radius 2 is 2.21 bits per heavy atom. The van der Waals surface area contributed by atoms with Gasteiger partial charge in [0.2, 0.25) is 0 Å². The van der Waals surface area contributed by atoms with Crippen molar-refractivity contribution < 1.29 is 9.47 Å². The molecule has 0 N–H and O–H groups in total. The molecule has 0 aromatic heterocycles. The third-order valence-electron chi connectivity index (χ3n) is 1.90. The zero-order valence-corrected chi connectivity index (χ0v) is 8.75. The van der Waals surface area contributed by atoms with Crippen LogP contribution in [0.5, 0.6) is 11.5 Å². The Bertz CT molecular complexity index is 305. The summed E-state index contributed by atoms with van der Waals surface area (Å²) in [5.41, 5.74) is 0.959. The normalized spacial score (nSPS) is 9.57. The lowest BCUT2D eigenvalue weighted by Crippen LogP contribution is -1.98. The van der Waals surface area contributed by atoms with Crippen LogP contribution >= 0.6 is 0 Å². The molecule has 76 valence electrons. The molecule has 1 rings (SSSR count). The monoisotopic (exact) mass is 192 g/mol. The van der Waals surface area contributed by atoms with Crippen LogP contribution in [0.15, 0.2) is 24.8 Å². The Morgan fingerprint density at radius 1 is 1.43 bits per heavy atom. The summed E-state index contributed by atoms with van der Waals surface area (Å²) in [5, 5.41) is 0. The smallest absolute Gasteiger partial charge is 0.167 e. The summed E-state index contributed by atoms with van der Waals surface area (Å²) in [6, 6.07) is 5.79. The molecule has 2 heteroatoms. The van der Waals surface area contributed by atoms with Crippen LogP contribution < -0.4 is 9.47 Å². The standard InChI is InChI=1S/C12H16O2/c1-4-9-14-11-8-6-7-10(5-2)12(11)13-3/h5-8H,2,4,9H2,1,3H3. The molecule has 0 heterocycles. The molecule has 1 aromatic rings. The lowest BCUT2D eigenvalue weighted by Gasteiger charge is -2.11. The lowest BCUT2D eigenvalue weighted by molar-refractivity contribution is 0.294. The molecule has 1 aromatic carbocycles. The maximum atomic E-state index is 5.55. The summed E-state index contributed by atoms with van der Waals surface area (Å²) >= 11 is 0. The second kappa shape index (κ2) is 5.32.